The third-order valence-corrected chi connectivity index (χ3v) is 7.41. The van der Waals surface area contributed by atoms with E-state index < -0.39 is 22.1 Å². The molecule has 0 aromatic carbocycles. The topological polar surface area (TPSA) is 86.7 Å². The van der Waals surface area contributed by atoms with Gasteiger partial charge in [-0.1, -0.05) is 27.7 Å². The number of carboxylic acid groups (broad SMARTS) is 1. The Kier molecular flexibility index (Phi) is 4.14. The second kappa shape index (κ2) is 5.21. The van der Waals surface area contributed by atoms with Gasteiger partial charge in [-0.05, 0) is 29.6 Å². The normalized spacial score (nSPS) is 29.2. The first-order valence-corrected chi connectivity index (χ1v) is 8.91. The summed E-state index contributed by atoms with van der Waals surface area (Å²) >= 11 is 0. The molecule has 7 heteroatoms. The van der Waals surface area contributed by atoms with Crippen molar-refractivity contribution >= 4 is 16.2 Å². The molecule has 0 aromatic heterocycles. The van der Waals surface area contributed by atoms with E-state index in [0.29, 0.717) is 31.8 Å². The third kappa shape index (κ3) is 2.96. The SMILES string of the molecule is CC1(C)C(CNS(=O)(=O)N2CCCC(C(=O)O)C2)C1(C)C. The molecule has 1 aliphatic carbocycles. The zero-order valence-corrected chi connectivity index (χ0v) is 14.0. The summed E-state index contributed by atoms with van der Waals surface area (Å²) in [6.07, 6.45) is 1.14. The van der Waals surface area contributed by atoms with Crippen LogP contribution in [0.5, 0.6) is 0 Å². The van der Waals surface area contributed by atoms with Gasteiger partial charge in [0.2, 0.25) is 0 Å². The van der Waals surface area contributed by atoms with Crippen LogP contribution in [0.15, 0.2) is 0 Å². The number of piperidine rings is 1. The second-order valence-corrected chi connectivity index (χ2v) is 9.14. The minimum absolute atomic E-state index is 0.0715. The predicted octanol–water partition coefficient (Wildman–Crippen LogP) is 1.30. The Morgan fingerprint density at radius 1 is 1.29 bits per heavy atom. The summed E-state index contributed by atoms with van der Waals surface area (Å²) in [5.74, 6) is -1.21. The largest absolute Gasteiger partial charge is 0.481 e. The molecule has 1 unspecified atom stereocenters. The molecule has 0 bridgehead atoms. The fourth-order valence-electron chi connectivity index (χ4n) is 3.49. The highest BCUT2D eigenvalue weighted by Crippen LogP contribution is 2.67. The fraction of sp³-hybridized carbons (Fsp3) is 0.929. The molecule has 0 radical (unpaired) electrons. The van der Waals surface area contributed by atoms with Gasteiger partial charge in [-0.3, -0.25) is 4.79 Å². The van der Waals surface area contributed by atoms with Crippen LogP contribution in [0.1, 0.15) is 40.5 Å². The quantitative estimate of drug-likeness (QED) is 0.800. The van der Waals surface area contributed by atoms with Crippen LogP contribution >= 0.6 is 0 Å². The van der Waals surface area contributed by atoms with Crippen LogP contribution in [0.4, 0.5) is 0 Å². The molecule has 0 amide bonds. The molecular weight excluding hydrogens is 292 g/mol. The molecule has 122 valence electrons. The van der Waals surface area contributed by atoms with Gasteiger partial charge in [-0.25, -0.2) is 4.72 Å². The van der Waals surface area contributed by atoms with Crippen molar-refractivity contribution in [3.05, 3.63) is 0 Å². The summed E-state index contributed by atoms with van der Waals surface area (Å²) < 4.78 is 28.6. The first-order valence-electron chi connectivity index (χ1n) is 7.47. The summed E-state index contributed by atoms with van der Waals surface area (Å²) in [7, 11) is -3.59. The summed E-state index contributed by atoms with van der Waals surface area (Å²) in [4.78, 5) is 11.0. The molecule has 1 atom stereocenters. The lowest BCUT2D eigenvalue weighted by molar-refractivity contribution is -0.142. The zero-order valence-electron chi connectivity index (χ0n) is 13.2. The van der Waals surface area contributed by atoms with Crippen LogP contribution in [0, 0.1) is 22.7 Å². The van der Waals surface area contributed by atoms with E-state index in [2.05, 4.69) is 32.4 Å². The smallest absolute Gasteiger partial charge is 0.307 e. The van der Waals surface area contributed by atoms with E-state index in [9.17, 15) is 13.2 Å². The summed E-state index contributed by atoms with van der Waals surface area (Å²) in [6.45, 7) is 9.47. The van der Waals surface area contributed by atoms with Gasteiger partial charge in [-0.2, -0.15) is 12.7 Å². The molecule has 2 N–H and O–H groups in total. The predicted molar refractivity (Wildman–Crippen MR) is 79.9 cm³/mol. The molecule has 1 saturated heterocycles. The molecule has 21 heavy (non-hydrogen) atoms. The maximum absolute atomic E-state index is 12.3. The van der Waals surface area contributed by atoms with Crippen LogP contribution in [-0.2, 0) is 15.0 Å². The van der Waals surface area contributed by atoms with Crippen molar-refractivity contribution < 1.29 is 18.3 Å². The first kappa shape index (κ1) is 16.7. The Morgan fingerprint density at radius 2 is 1.86 bits per heavy atom. The standard InChI is InChI=1S/C14H26N2O4S/c1-13(2)11(14(13,3)4)8-15-21(19,20)16-7-5-6-10(9-16)12(17)18/h10-11,15H,5-9H2,1-4H3,(H,17,18). The van der Waals surface area contributed by atoms with Crippen LogP contribution in [0.25, 0.3) is 0 Å². The third-order valence-electron chi connectivity index (χ3n) is 5.86. The average molecular weight is 318 g/mol. The molecule has 1 heterocycles. The monoisotopic (exact) mass is 318 g/mol. The van der Waals surface area contributed by atoms with Crippen molar-refractivity contribution in [2.75, 3.05) is 19.6 Å². The van der Waals surface area contributed by atoms with Gasteiger partial charge in [0.05, 0.1) is 5.92 Å². The van der Waals surface area contributed by atoms with Crippen molar-refractivity contribution in [3.8, 4) is 0 Å². The maximum Gasteiger partial charge on any atom is 0.307 e. The van der Waals surface area contributed by atoms with Crippen molar-refractivity contribution in [1.29, 1.82) is 0 Å². The van der Waals surface area contributed by atoms with Crippen molar-refractivity contribution in [1.82, 2.24) is 9.03 Å². The zero-order chi connectivity index (χ0) is 16.1. The van der Waals surface area contributed by atoms with Gasteiger partial charge < -0.3 is 5.11 Å². The van der Waals surface area contributed by atoms with Crippen molar-refractivity contribution in [2.45, 2.75) is 40.5 Å². The molecule has 2 fully saturated rings. The van der Waals surface area contributed by atoms with Crippen molar-refractivity contribution in [2.24, 2.45) is 22.7 Å². The van der Waals surface area contributed by atoms with Gasteiger partial charge >= 0.3 is 5.97 Å². The van der Waals surface area contributed by atoms with E-state index in [-0.39, 0.29) is 17.4 Å². The number of carboxylic acids is 1. The Bertz CT molecular complexity index is 513. The molecule has 2 aliphatic rings. The second-order valence-electron chi connectivity index (χ2n) is 7.38. The Hall–Kier alpha value is -0.660. The number of aliphatic carboxylic acids is 1. The van der Waals surface area contributed by atoms with E-state index in [4.69, 9.17) is 5.11 Å². The number of hydrogen-bond donors (Lipinski definition) is 2. The number of nitrogens with one attached hydrogen (secondary N) is 1. The highest BCUT2D eigenvalue weighted by molar-refractivity contribution is 7.87. The lowest BCUT2D eigenvalue weighted by atomic mass is 10.0. The van der Waals surface area contributed by atoms with Gasteiger partial charge in [-0.15, -0.1) is 0 Å². The van der Waals surface area contributed by atoms with Crippen LogP contribution in [0.2, 0.25) is 0 Å². The highest BCUT2D eigenvalue weighted by atomic mass is 32.2. The maximum atomic E-state index is 12.3. The Morgan fingerprint density at radius 3 is 2.33 bits per heavy atom. The van der Waals surface area contributed by atoms with Gasteiger partial charge in [0, 0.05) is 19.6 Å². The van der Waals surface area contributed by atoms with Crippen molar-refractivity contribution in [3.63, 3.8) is 0 Å². The summed E-state index contributed by atoms with van der Waals surface area (Å²) in [6, 6.07) is 0. The molecule has 0 aromatic rings. The van der Waals surface area contributed by atoms with E-state index in [1.165, 1.54) is 4.31 Å². The number of rotatable bonds is 5. The number of hydrogen-bond acceptors (Lipinski definition) is 3. The van der Waals surface area contributed by atoms with Gasteiger partial charge in [0.25, 0.3) is 10.2 Å². The van der Waals surface area contributed by atoms with Gasteiger partial charge in [0.1, 0.15) is 0 Å². The lowest BCUT2D eigenvalue weighted by Gasteiger charge is -2.29. The molecule has 6 nitrogen and oxygen atoms in total. The van der Waals surface area contributed by atoms with E-state index in [1.54, 1.807) is 0 Å². The number of nitrogens with zero attached hydrogens (tertiary/aromatic N) is 1. The fourth-order valence-corrected chi connectivity index (χ4v) is 4.79. The van der Waals surface area contributed by atoms with Crippen LogP contribution < -0.4 is 4.72 Å². The molecular formula is C14H26N2O4S. The summed E-state index contributed by atoms with van der Waals surface area (Å²) in [5, 5.41) is 9.05. The Balaban J connectivity index is 1.95. The van der Waals surface area contributed by atoms with Crippen LogP contribution in [0.3, 0.4) is 0 Å². The lowest BCUT2D eigenvalue weighted by Crippen LogP contribution is -2.48. The van der Waals surface area contributed by atoms with Crippen LogP contribution in [-0.4, -0.2) is 43.4 Å². The number of carbonyl (C=O) groups is 1. The summed E-state index contributed by atoms with van der Waals surface area (Å²) in [5.41, 5.74) is 0.252. The van der Waals surface area contributed by atoms with Gasteiger partial charge in [0.15, 0.2) is 0 Å². The minimum atomic E-state index is -3.59. The molecule has 1 saturated carbocycles. The molecule has 0 spiro atoms. The average Bonchev–Trinajstić information content (AvgIpc) is 2.77. The van der Waals surface area contributed by atoms with E-state index in [0.717, 1.165) is 0 Å². The Labute approximate surface area is 127 Å². The van der Waals surface area contributed by atoms with E-state index >= 15 is 0 Å². The molecule has 2 rings (SSSR count). The minimum Gasteiger partial charge on any atom is -0.481 e. The molecule has 1 aliphatic heterocycles. The first-order chi connectivity index (χ1) is 9.50. The highest BCUT2D eigenvalue weighted by Gasteiger charge is 2.64. The van der Waals surface area contributed by atoms with E-state index in [1.807, 2.05) is 0 Å².